The molecule has 0 bridgehead atoms. The SMILES string of the molecule is NCCCN(CC(=O)Nc1nccs1)Cc1ccccc1. The predicted molar refractivity (Wildman–Crippen MR) is 86.1 cm³/mol. The quantitative estimate of drug-likeness (QED) is 0.782. The number of benzene rings is 1. The molecule has 0 aliphatic carbocycles. The van der Waals surface area contributed by atoms with Crippen molar-refractivity contribution in [1.29, 1.82) is 0 Å². The third kappa shape index (κ3) is 5.63. The van der Waals surface area contributed by atoms with Crippen LogP contribution in [0.1, 0.15) is 12.0 Å². The Balaban J connectivity index is 1.90. The first-order valence-electron chi connectivity index (χ1n) is 6.93. The van der Waals surface area contributed by atoms with E-state index >= 15 is 0 Å². The van der Waals surface area contributed by atoms with Crippen molar-refractivity contribution in [1.82, 2.24) is 9.88 Å². The molecule has 6 heteroatoms. The Bertz CT molecular complexity index is 530. The molecule has 0 saturated heterocycles. The van der Waals surface area contributed by atoms with Crippen molar-refractivity contribution in [2.24, 2.45) is 5.73 Å². The van der Waals surface area contributed by atoms with Crippen molar-refractivity contribution in [2.45, 2.75) is 13.0 Å². The maximum atomic E-state index is 12.1. The molecule has 1 amide bonds. The highest BCUT2D eigenvalue weighted by Crippen LogP contribution is 2.11. The van der Waals surface area contributed by atoms with Gasteiger partial charge in [-0.3, -0.25) is 9.69 Å². The minimum Gasteiger partial charge on any atom is -0.330 e. The zero-order valence-corrected chi connectivity index (χ0v) is 12.7. The summed E-state index contributed by atoms with van der Waals surface area (Å²) in [7, 11) is 0. The molecule has 2 rings (SSSR count). The van der Waals surface area contributed by atoms with Crippen LogP contribution in [0.3, 0.4) is 0 Å². The van der Waals surface area contributed by atoms with Crippen LogP contribution in [0.5, 0.6) is 0 Å². The van der Waals surface area contributed by atoms with Crippen molar-refractivity contribution in [3.05, 3.63) is 47.5 Å². The summed E-state index contributed by atoms with van der Waals surface area (Å²) in [5.74, 6) is -0.0436. The van der Waals surface area contributed by atoms with Gasteiger partial charge in [0.25, 0.3) is 0 Å². The van der Waals surface area contributed by atoms with Gasteiger partial charge in [0.15, 0.2) is 5.13 Å². The van der Waals surface area contributed by atoms with Gasteiger partial charge in [-0.25, -0.2) is 4.98 Å². The number of carbonyl (C=O) groups is 1. The van der Waals surface area contributed by atoms with Crippen LogP contribution >= 0.6 is 11.3 Å². The number of nitrogens with two attached hydrogens (primary N) is 1. The molecule has 1 heterocycles. The van der Waals surface area contributed by atoms with Crippen LogP contribution < -0.4 is 11.1 Å². The van der Waals surface area contributed by atoms with Crippen molar-refractivity contribution in [2.75, 3.05) is 25.0 Å². The van der Waals surface area contributed by atoms with Crippen LogP contribution in [-0.4, -0.2) is 35.4 Å². The fourth-order valence-corrected chi connectivity index (χ4v) is 2.56. The number of carbonyl (C=O) groups excluding carboxylic acids is 1. The highest BCUT2D eigenvalue weighted by molar-refractivity contribution is 7.13. The number of hydrogen-bond donors (Lipinski definition) is 2. The van der Waals surface area contributed by atoms with Gasteiger partial charge in [-0.2, -0.15) is 0 Å². The Morgan fingerprint density at radius 1 is 1.33 bits per heavy atom. The number of aromatic nitrogens is 1. The van der Waals surface area contributed by atoms with Gasteiger partial charge in [0.2, 0.25) is 5.91 Å². The van der Waals surface area contributed by atoms with E-state index in [4.69, 9.17) is 5.73 Å². The third-order valence-corrected chi connectivity index (χ3v) is 3.66. The molecule has 0 atom stereocenters. The molecule has 21 heavy (non-hydrogen) atoms. The molecule has 0 radical (unpaired) electrons. The van der Waals surface area contributed by atoms with E-state index in [0.717, 1.165) is 19.5 Å². The second kappa shape index (κ2) is 8.51. The summed E-state index contributed by atoms with van der Waals surface area (Å²) in [4.78, 5) is 18.2. The maximum absolute atomic E-state index is 12.1. The minimum absolute atomic E-state index is 0.0436. The molecular weight excluding hydrogens is 284 g/mol. The molecule has 1 aromatic heterocycles. The molecule has 2 aromatic rings. The second-order valence-electron chi connectivity index (χ2n) is 4.72. The van der Waals surface area contributed by atoms with Crippen LogP contribution in [0.4, 0.5) is 5.13 Å². The Hall–Kier alpha value is -1.76. The third-order valence-electron chi connectivity index (χ3n) is 2.97. The number of anilines is 1. The lowest BCUT2D eigenvalue weighted by Crippen LogP contribution is -2.34. The number of rotatable bonds is 8. The summed E-state index contributed by atoms with van der Waals surface area (Å²) in [6.45, 7) is 2.51. The molecule has 0 fully saturated rings. The number of amides is 1. The molecule has 112 valence electrons. The lowest BCUT2D eigenvalue weighted by atomic mass is 10.2. The predicted octanol–water partition coefficient (Wildman–Crippen LogP) is 1.93. The smallest absolute Gasteiger partial charge is 0.240 e. The van der Waals surface area contributed by atoms with Gasteiger partial charge in [0.1, 0.15) is 0 Å². The average molecular weight is 304 g/mol. The zero-order valence-electron chi connectivity index (χ0n) is 11.9. The monoisotopic (exact) mass is 304 g/mol. The summed E-state index contributed by atoms with van der Waals surface area (Å²) in [6, 6.07) is 10.1. The second-order valence-corrected chi connectivity index (χ2v) is 5.62. The minimum atomic E-state index is -0.0436. The number of nitrogens with one attached hydrogen (secondary N) is 1. The summed E-state index contributed by atoms with van der Waals surface area (Å²) < 4.78 is 0. The van der Waals surface area contributed by atoms with E-state index in [9.17, 15) is 4.79 Å². The van der Waals surface area contributed by atoms with E-state index in [1.165, 1.54) is 16.9 Å². The molecule has 0 aliphatic heterocycles. The van der Waals surface area contributed by atoms with E-state index in [0.29, 0.717) is 18.2 Å². The van der Waals surface area contributed by atoms with Crippen LogP contribution in [0.15, 0.2) is 41.9 Å². The van der Waals surface area contributed by atoms with Crippen LogP contribution in [0, 0.1) is 0 Å². The van der Waals surface area contributed by atoms with Crippen molar-refractivity contribution >= 4 is 22.4 Å². The summed E-state index contributed by atoms with van der Waals surface area (Å²) >= 11 is 1.42. The topological polar surface area (TPSA) is 71.2 Å². The first kappa shape index (κ1) is 15.6. The van der Waals surface area contributed by atoms with Gasteiger partial charge in [-0.05, 0) is 18.5 Å². The van der Waals surface area contributed by atoms with Gasteiger partial charge >= 0.3 is 0 Å². The van der Waals surface area contributed by atoms with Gasteiger partial charge in [-0.15, -0.1) is 11.3 Å². The number of nitrogens with zero attached hydrogens (tertiary/aromatic N) is 2. The first-order chi connectivity index (χ1) is 10.3. The van der Waals surface area contributed by atoms with E-state index in [1.807, 2.05) is 23.6 Å². The zero-order chi connectivity index (χ0) is 14.9. The Morgan fingerprint density at radius 3 is 2.81 bits per heavy atom. The molecule has 5 nitrogen and oxygen atoms in total. The van der Waals surface area contributed by atoms with Crippen LogP contribution in [-0.2, 0) is 11.3 Å². The lowest BCUT2D eigenvalue weighted by molar-refractivity contribution is -0.117. The molecule has 3 N–H and O–H groups in total. The molecular formula is C15H20N4OS. The highest BCUT2D eigenvalue weighted by atomic mass is 32.1. The Kier molecular flexibility index (Phi) is 6.33. The van der Waals surface area contributed by atoms with Crippen molar-refractivity contribution < 1.29 is 4.79 Å². The highest BCUT2D eigenvalue weighted by Gasteiger charge is 2.12. The molecule has 0 saturated carbocycles. The fourth-order valence-electron chi connectivity index (χ4n) is 2.02. The molecule has 0 spiro atoms. The summed E-state index contributed by atoms with van der Waals surface area (Å²) in [5.41, 5.74) is 6.77. The first-order valence-corrected chi connectivity index (χ1v) is 7.81. The van der Waals surface area contributed by atoms with Gasteiger partial charge in [-0.1, -0.05) is 30.3 Å². The largest absolute Gasteiger partial charge is 0.330 e. The molecule has 0 unspecified atom stereocenters. The van der Waals surface area contributed by atoms with Crippen LogP contribution in [0.25, 0.3) is 0 Å². The Morgan fingerprint density at radius 2 is 2.14 bits per heavy atom. The van der Waals surface area contributed by atoms with E-state index in [2.05, 4.69) is 27.3 Å². The van der Waals surface area contributed by atoms with Crippen molar-refractivity contribution in [3.8, 4) is 0 Å². The number of hydrogen-bond acceptors (Lipinski definition) is 5. The standard InChI is InChI=1S/C15H20N4OS/c16-7-4-9-19(11-13-5-2-1-3-6-13)12-14(20)18-15-17-8-10-21-15/h1-3,5-6,8,10H,4,7,9,11-12,16H2,(H,17,18,20). The lowest BCUT2D eigenvalue weighted by Gasteiger charge is -2.21. The normalized spacial score (nSPS) is 10.8. The Labute approximate surface area is 128 Å². The van der Waals surface area contributed by atoms with E-state index in [-0.39, 0.29) is 5.91 Å². The summed E-state index contributed by atoms with van der Waals surface area (Å²) in [6.07, 6.45) is 2.55. The van der Waals surface area contributed by atoms with E-state index in [1.54, 1.807) is 6.20 Å². The van der Waals surface area contributed by atoms with Gasteiger partial charge < -0.3 is 11.1 Å². The number of thiazole rings is 1. The fraction of sp³-hybridized carbons (Fsp3) is 0.333. The summed E-state index contributed by atoms with van der Waals surface area (Å²) in [5, 5.41) is 5.29. The van der Waals surface area contributed by atoms with Crippen LogP contribution in [0.2, 0.25) is 0 Å². The van der Waals surface area contributed by atoms with Gasteiger partial charge in [0.05, 0.1) is 6.54 Å². The van der Waals surface area contributed by atoms with E-state index < -0.39 is 0 Å². The molecule has 0 aliphatic rings. The van der Waals surface area contributed by atoms with Gasteiger partial charge in [0, 0.05) is 24.7 Å². The maximum Gasteiger partial charge on any atom is 0.240 e. The van der Waals surface area contributed by atoms with Crippen molar-refractivity contribution in [3.63, 3.8) is 0 Å². The average Bonchev–Trinajstić information content (AvgIpc) is 2.98. The molecule has 1 aromatic carbocycles.